The number of fused-ring (bicyclic) bond motifs is 1. The summed E-state index contributed by atoms with van der Waals surface area (Å²) in [6, 6.07) is 12.6. The molecule has 8 heteroatoms. The summed E-state index contributed by atoms with van der Waals surface area (Å²) < 4.78 is 34.7. The molecule has 1 amide bonds. The topological polar surface area (TPSA) is 86.1 Å². The van der Waals surface area contributed by atoms with Crippen LogP contribution in [0.3, 0.4) is 0 Å². The Morgan fingerprint density at radius 3 is 2.72 bits per heavy atom. The third-order valence-corrected chi connectivity index (χ3v) is 6.50. The number of benzene rings is 2. The second-order valence-electron chi connectivity index (χ2n) is 7.53. The van der Waals surface area contributed by atoms with Crippen molar-refractivity contribution in [2.75, 3.05) is 37.9 Å². The molecule has 2 aliphatic heterocycles. The highest BCUT2D eigenvalue weighted by atomic mass is 32.2. The minimum Gasteiger partial charge on any atom is -0.486 e. The summed E-state index contributed by atoms with van der Waals surface area (Å²) in [5.41, 5.74) is 1.64. The van der Waals surface area contributed by atoms with Crippen LogP contribution < -0.4 is 19.7 Å². The number of amides is 1. The van der Waals surface area contributed by atoms with Gasteiger partial charge >= 0.3 is 0 Å². The molecule has 2 N–H and O–H groups in total. The number of carbonyl (C=O) groups is 1. The Bertz CT molecular complexity index is 1020. The number of rotatable bonds is 5. The minimum absolute atomic E-state index is 0.130. The molecule has 1 unspecified atom stereocenters. The van der Waals surface area contributed by atoms with E-state index in [1.54, 1.807) is 12.1 Å². The fraction of sp³-hybridized carbons (Fsp3) is 0.381. The number of sulfone groups is 1. The molecule has 0 radical (unpaired) electrons. The van der Waals surface area contributed by atoms with E-state index >= 15 is 0 Å². The molecule has 0 aliphatic carbocycles. The maximum atomic E-state index is 12.6. The van der Waals surface area contributed by atoms with Gasteiger partial charge in [0.15, 0.2) is 27.9 Å². The van der Waals surface area contributed by atoms with Gasteiger partial charge < -0.3 is 19.7 Å². The summed E-state index contributed by atoms with van der Waals surface area (Å²) in [4.78, 5) is 14.0. The molecular formula is C21H25N2O5S+. The molecule has 0 aromatic heterocycles. The molecule has 0 bridgehead atoms. The van der Waals surface area contributed by atoms with E-state index in [-0.39, 0.29) is 16.8 Å². The van der Waals surface area contributed by atoms with Gasteiger partial charge in [-0.15, -0.1) is 0 Å². The van der Waals surface area contributed by atoms with E-state index < -0.39 is 9.84 Å². The monoisotopic (exact) mass is 417 g/mol. The Balaban J connectivity index is 1.44. The van der Waals surface area contributed by atoms with Crippen LogP contribution in [0.15, 0.2) is 47.4 Å². The summed E-state index contributed by atoms with van der Waals surface area (Å²) in [5, 5.41) is 2.83. The molecule has 154 valence electrons. The summed E-state index contributed by atoms with van der Waals surface area (Å²) in [7, 11) is -3.31. The number of quaternary nitrogens is 1. The van der Waals surface area contributed by atoms with E-state index in [4.69, 9.17) is 9.47 Å². The zero-order chi connectivity index (χ0) is 20.4. The SMILES string of the molecule is CS(=O)(=O)c1cccc(NC(=O)C[NH+]2CCC[C@@H]2c2ccc3c(c2)OCCO3)c1. The molecular weight excluding hydrogens is 392 g/mol. The van der Waals surface area contributed by atoms with Crippen molar-refractivity contribution >= 4 is 21.4 Å². The Hall–Kier alpha value is -2.58. The first-order chi connectivity index (χ1) is 13.9. The van der Waals surface area contributed by atoms with E-state index in [1.165, 1.54) is 17.0 Å². The van der Waals surface area contributed by atoms with Crippen molar-refractivity contribution in [3.05, 3.63) is 48.0 Å². The molecule has 2 aromatic carbocycles. The molecule has 4 rings (SSSR count). The Kier molecular flexibility index (Phi) is 5.47. The minimum atomic E-state index is -3.31. The van der Waals surface area contributed by atoms with Crippen molar-refractivity contribution in [2.45, 2.75) is 23.8 Å². The van der Waals surface area contributed by atoms with Gasteiger partial charge in [-0.2, -0.15) is 0 Å². The Morgan fingerprint density at radius 1 is 1.14 bits per heavy atom. The third-order valence-electron chi connectivity index (χ3n) is 5.39. The maximum Gasteiger partial charge on any atom is 0.279 e. The number of carbonyl (C=O) groups excluding carboxylic acids is 1. The smallest absolute Gasteiger partial charge is 0.279 e. The first kappa shape index (κ1) is 19.7. The van der Waals surface area contributed by atoms with Crippen molar-refractivity contribution in [3.8, 4) is 11.5 Å². The van der Waals surface area contributed by atoms with Crippen LogP contribution in [0.1, 0.15) is 24.4 Å². The van der Waals surface area contributed by atoms with Crippen molar-refractivity contribution in [1.82, 2.24) is 0 Å². The van der Waals surface area contributed by atoms with Crippen LogP contribution in [0.25, 0.3) is 0 Å². The van der Waals surface area contributed by atoms with Crippen LogP contribution in [0, 0.1) is 0 Å². The fourth-order valence-electron chi connectivity index (χ4n) is 4.02. The van der Waals surface area contributed by atoms with Gasteiger partial charge in [-0.1, -0.05) is 6.07 Å². The van der Waals surface area contributed by atoms with Crippen LogP contribution >= 0.6 is 0 Å². The molecule has 7 nitrogen and oxygen atoms in total. The summed E-state index contributed by atoms with van der Waals surface area (Å²) in [5.74, 6) is 1.40. The van der Waals surface area contributed by atoms with Gasteiger partial charge in [-0.25, -0.2) is 8.42 Å². The van der Waals surface area contributed by atoms with Crippen LogP contribution in [-0.2, 0) is 14.6 Å². The van der Waals surface area contributed by atoms with Gasteiger partial charge in [0.05, 0.1) is 11.4 Å². The molecule has 1 fully saturated rings. The summed E-state index contributed by atoms with van der Waals surface area (Å²) in [6.07, 6.45) is 3.21. The van der Waals surface area contributed by atoms with Crippen LogP contribution in [0.4, 0.5) is 5.69 Å². The fourth-order valence-corrected chi connectivity index (χ4v) is 4.68. The second kappa shape index (κ2) is 8.04. The van der Waals surface area contributed by atoms with E-state index in [0.717, 1.165) is 42.7 Å². The number of nitrogens with one attached hydrogen (secondary N) is 2. The number of likely N-dealkylation sites (tertiary alicyclic amines) is 1. The Labute approximate surface area is 170 Å². The molecule has 29 heavy (non-hydrogen) atoms. The quantitative estimate of drug-likeness (QED) is 0.764. The lowest BCUT2D eigenvalue weighted by atomic mass is 10.0. The number of hydrogen-bond donors (Lipinski definition) is 2. The second-order valence-corrected chi connectivity index (χ2v) is 9.55. The highest BCUT2D eigenvalue weighted by Gasteiger charge is 2.32. The van der Waals surface area contributed by atoms with E-state index in [0.29, 0.717) is 25.4 Å². The molecule has 1 saturated heterocycles. The molecule has 0 spiro atoms. The standard InChI is InChI=1S/C21H24N2O5S/c1-29(25,26)17-5-2-4-16(13-17)22-21(24)14-23-9-3-6-18(23)15-7-8-19-20(12-15)28-11-10-27-19/h2,4-5,7-8,12-13,18H,3,6,9-11,14H2,1H3,(H,22,24)/p+1/t18-/m1/s1. The average molecular weight is 418 g/mol. The van der Waals surface area contributed by atoms with E-state index in [9.17, 15) is 13.2 Å². The van der Waals surface area contributed by atoms with Crippen molar-refractivity contribution in [1.29, 1.82) is 0 Å². The first-order valence-electron chi connectivity index (χ1n) is 9.74. The lowest BCUT2D eigenvalue weighted by Gasteiger charge is -2.24. The molecule has 2 atom stereocenters. The van der Waals surface area contributed by atoms with Crippen molar-refractivity contribution in [3.63, 3.8) is 0 Å². The van der Waals surface area contributed by atoms with Gasteiger partial charge in [0.2, 0.25) is 0 Å². The summed E-state index contributed by atoms with van der Waals surface area (Å²) in [6.45, 7) is 2.35. The van der Waals surface area contributed by atoms with E-state index in [1.807, 2.05) is 12.1 Å². The molecule has 2 aliphatic rings. The van der Waals surface area contributed by atoms with Crippen molar-refractivity contribution in [2.24, 2.45) is 0 Å². The number of anilines is 1. The molecule has 2 aromatic rings. The largest absolute Gasteiger partial charge is 0.486 e. The van der Waals surface area contributed by atoms with Gasteiger partial charge in [0, 0.05) is 30.3 Å². The average Bonchev–Trinajstić information content (AvgIpc) is 3.15. The first-order valence-corrected chi connectivity index (χ1v) is 11.6. The van der Waals surface area contributed by atoms with Gasteiger partial charge in [0.25, 0.3) is 5.91 Å². The highest BCUT2D eigenvalue weighted by molar-refractivity contribution is 7.90. The van der Waals surface area contributed by atoms with Crippen LogP contribution in [0.5, 0.6) is 11.5 Å². The maximum absolute atomic E-state index is 12.6. The van der Waals surface area contributed by atoms with Crippen molar-refractivity contribution < 1.29 is 27.6 Å². The zero-order valence-corrected chi connectivity index (χ0v) is 17.1. The van der Waals surface area contributed by atoms with Gasteiger partial charge in [0.1, 0.15) is 19.3 Å². The number of ether oxygens (including phenoxy) is 2. The zero-order valence-electron chi connectivity index (χ0n) is 16.3. The van der Waals surface area contributed by atoms with E-state index in [2.05, 4.69) is 11.4 Å². The van der Waals surface area contributed by atoms with Crippen LogP contribution in [0.2, 0.25) is 0 Å². The van der Waals surface area contributed by atoms with Crippen LogP contribution in [-0.4, -0.2) is 46.9 Å². The van der Waals surface area contributed by atoms with Gasteiger partial charge in [-0.3, -0.25) is 4.79 Å². The molecule has 0 saturated carbocycles. The number of hydrogen-bond acceptors (Lipinski definition) is 5. The lowest BCUT2D eigenvalue weighted by molar-refractivity contribution is -0.910. The predicted octanol–water partition coefficient (Wildman–Crippen LogP) is 1.22. The predicted molar refractivity (Wildman–Crippen MR) is 108 cm³/mol. The van der Waals surface area contributed by atoms with Gasteiger partial charge in [-0.05, 0) is 36.4 Å². The summed E-state index contributed by atoms with van der Waals surface area (Å²) >= 11 is 0. The highest BCUT2D eigenvalue weighted by Crippen LogP contribution is 2.33. The third kappa shape index (κ3) is 4.54. The normalized spacial score (nSPS) is 21.0. The molecule has 2 heterocycles. The lowest BCUT2D eigenvalue weighted by Crippen LogP contribution is -3.11. The Morgan fingerprint density at radius 2 is 1.93 bits per heavy atom.